The molecule has 1 aliphatic heterocycles. The highest BCUT2D eigenvalue weighted by Crippen LogP contribution is 2.35. The zero-order chi connectivity index (χ0) is 15.4. The number of aliphatic imine (C=N–C) groups is 1. The molecule has 0 radical (unpaired) electrons. The molecule has 0 saturated heterocycles. The van der Waals surface area contributed by atoms with Crippen LogP contribution in [0.15, 0.2) is 22.8 Å². The lowest BCUT2D eigenvalue weighted by Crippen LogP contribution is -2.23. The number of ether oxygens (including phenoxy) is 3. The van der Waals surface area contributed by atoms with Crippen LogP contribution in [0.3, 0.4) is 0 Å². The third-order valence-electron chi connectivity index (χ3n) is 3.11. The molecule has 1 N–H and O–H groups in total. The predicted molar refractivity (Wildman–Crippen MR) is 79.9 cm³/mol. The summed E-state index contributed by atoms with van der Waals surface area (Å²) in [6.07, 6.45) is 2.34. The Morgan fingerprint density at radius 3 is 2.24 bits per heavy atom. The van der Waals surface area contributed by atoms with Crippen LogP contribution in [0.25, 0.3) is 6.08 Å². The Balaban J connectivity index is 2.48. The second kappa shape index (κ2) is 6.30. The first-order chi connectivity index (χ1) is 10.1. The number of methoxy groups -OCH3 is 3. The molecule has 1 amide bonds. The van der Waals surface area contributed by atoms with Gasteiger partial charge in [-0.3, -0.25) is 4.79 Å². The predicted octanol–water partition coefficient (Wildman–Crippen LogP) is 1.99. The first kappa shape index (κ1) is 14.9. The van der Waals surface area contributed by atoms with Crippen molar-refractivity contribution in [2.24, 2.45) is 4.99 Å². The van der Waals surface area contributed by atoms with Crippen LogP contribution >= 0.6 is 0 Å². The van der Waals surface area contributed by atoms with E-state index in [1.54, 1.807) is 39.5 Å². The molecule has 0 fully saturated rings. The van der Waals surface area contributed by atoms with Gasteiger partial charge >= 0.3 is 0 Å². The quantitative estimate of drug-likeness (QED) is 0.842. The molecular weight excluding hydrogens is 272 g/mol. The number of hydrogen-bond donors (Lipinski definition) is 1. The van der Waals surface area contributed by atoms with Gasteiger partial charge in [-0.25, -0.2) is 4.99 Å². The Kier molecular flexibility index (Phi) is 4.47. The Labute approximate surface area is 123 Å². The van der Waals surface area contributed by atoms with Crippen LogP contribution in [-0.4, -0.2) is 33.1 Å². The van der Waals surface area contributed by atoms with Crippen LogP contribution in [0.5, 0.6) is 17.2 Å². The normalized spacial score (nSPS) is 15.7. The zero-order valence-corrected chi connectivity index (χ0v) is 12.5. The Morgan fingerprint density at radius 2 is 1.71 bits per heavy atom. The minimum atomic E-state index is -0.219. The van der Waals surface area contributed by atoms with Gasteiger partial charge in [0.1, 0.15) is 17.3 Å². The molecule has 0 aliphatic carbocycles. The first-order valence-corrected chi connectivity index (χ1v) is 6.53. The average molecular weight is 290 g/mol. The molecule has 21 heavy (non-hydrogen) atoms. The number of carbonyl (C=O) groups excluding carboxylic acids is 1. The van der Waals surface area contributed by atoms with Crippen LogP contribution in [0.4, 0.5) is 0 Å². The van der Waals surface area contributed by atoms with E-state index < -0.39 is 0 Å². The number of benzene rings is 1. The van der Waals surface area contributed by atoms with E-state index in [1.807, 2.05) is 6.92 Å². The number of amidine groups is 1. The van der Waals surface area contributed by atoms with E-state index in [2.05, 4.69) is 10.3 Å². The number of nitrogens with zero attached hydrogens (tertiary/aromatic N) is 1. The summed E-state index contributed by atoms with van der Waals surface area (Å²) in [5.74, 6) is 2.14. The van der Waals surface area contributed by atoms with Crippen molar-refractivity contribution in [2.45, 2.75) is 13.3 Å². The second-order valence-electron chi connectivity index (χ2n) is 4.34. The highest BCUT2D eigenvalue weighted by molar-refractivity contribution is 6.14. The SMILES string of the molecule is CCC1=N/C(=C/c2cc(OC)c(OC)cc2OC)C(=O)N1. The number of nitrogens with one attached hydrogen (secondary N) is 1. The first-order valence-electron chi connectivity index (χ1n) is 6.53. The Hall–Kier alpha value is -2.50. The smallest absolute Gasteiger partial charge is 0.275 e. The van der Waals surface area contributed by atoms with E-state index in [0.717, 1.165) is 0 Å². The van der Waals surface area contributed by atoms with Crippen LogP contribution < -0.4 is 19.5 Å². The summed E-state index contributed by atoms with van der Waals surface area (Å²) in [5.41, 5.74) is 1.04. The van der Waals surface area contributed by atoms with E-state index >= 15 is 0 Å². The standard InChI is InChI=1S/C15H18N2O4/c1-5-14-16-10(15(18)17-14)6-9-7-12(20-3)13(21-4)8-11(9)19-2/h6-8H,5H2,1-4H3,(H,16,17,18)/b10-6+. The molecule has 6 nitrogen and oxygen atoms in total. The third-order valence-corrected chi connectivity index (χ3v) is 3.11. The van der Waals surface area contributed by atoms with Crippen molar-refractivity contribution in [3.8, 4) is 17.2 Å². The van der Waals surface area contributed by atoms with Gasteiger partial charge in [-0.05, 0) is 12.1 Å². The largest absolute Gasteiger partial charge is 0.496 e. The fourth-order valence-electron chi connectivity index (χ4n) is 2.00. The maximum atomic E-state index is 11.8. The number of amides is 1. The van der Waals surface area contributed by atoms with Gasteiger partial charge in [0.25, 0.3) is 5.91 Å². The van der Waals surface area contributed by atoms with Crippen molar-refractivity contribution in [3.63, 3.8) is 0 Å². The molecule has 1 heterocycles. The molecule has 0 atom stereocenters. The van der Waals surface area contributed by atoms with E-state index in [0.29, 0.717) is 40.8 Å². The highest BCUT2D eigenvalue weighted by atomic mass is 16.5. The summed E-state index contributed by atoms with van der Waals surface area (Å²) in [6, 6.07) is 3.46. The minimum Gasteiger partial charge on any atom is -0.496 e. The van der Waals surface area contributed by atoms with Crippen LogP contribution in [0, 0.1) is 0 Å². The monoisotopic (exact) mass is 290 g/mol. The van der Waals surface area contributed by atoms with E-state index in [1.165, 1.54) is 0 Å². The van der Waals surface area contributed by atoms with Crippen LogP contribution in [-0.2, 0) is 4.79 Å². The number of hydrogen-bond acceptors (Lipinski definition) is 5. The fourth-order valence-corrected chi connectivity index (χ4v) is 2.00. The molecule has 6 heteroatoms. The minimum absolute atomic E-state index is 0.219. The molecule has 0 unspecified atom stereocenters. The van der Waals surface area contributed by atoms with E-state index in [4.69, 9.17) is 14.2 Å². The van der Waals surface area contributed by atoms with Gasteiger partial charge in [-0.15, -0.1) is 0 Å². The molecule has 2 rings (SSSR count). The van der Waals surface area contributed by atoms with Gasteiger partial charge in [-0.1, -0.05) is 6.92 Å². The van der Waals surface area contributed by atoms with E-state index in [-0.39, 0.29) is 5.91 Å². The Morgan fingerprint density at radius 1 is 1.10 bits per heavy atom. The lowest BCUT2D eigenvalue weighted by Gasteiger charge is -2.12. The summed E-state index contributed by atoms with van der Waals surface area (Å²) in [4.78, 5) is 16.1. The molecule has 1 aliphatic rings. The summed E-state index contributed by atoms with van der Waals surface area (Å²) < 4.78 is 15.8. The van der Waals surface area contributed by atoms with Gasteiger partial charge < -0.3 is 19.5 Å². The second-order valence-corrected chi connectivity index (χ2v) is 4.34. The third kappa shape index (κ3) is 2.99. The van der Waals surface area contributed by atoms with Gasteiger partial charge in [0.2, 0.25) is 0 Å². The summed E-state index contributed by atoms with van der Waals surface area (Å²) >= 11 is 0. The Bertz CT molecular complexity index is 620. The molecule has 1 aromatic rings. The van der Waals surface area contributed by atoms with Crippen molar-refractivity contribution in [1.29, 1.82) is 0 Å². The molecule has 0 saturated carbocycles. The van der Waals surface area contributed by atoms with Crippen molar-refractivity contribution >= 4 is 17.8 Å². The molecule has 1 aromatic carbocycles. The number of carbonyl (C=O) groups is 1. The van der Waals surface area contributed by atoms with Gasteiger partial charge in [0, 0.05) is 18.1 Å². The average Bonchev–Trinajstić information content (AvgIpc) is 2.87. The van der Waals surface area contributed by atoms with Crippen LogP contribution in [0.1, 0.15) is 18.9 Å². The summed E-state index contributed by atoms with van der Waals surface area (Å²) in [6.45, 7) is 1.93. The van der Waals surface area contributed by atoms with Crippen molar-refractivity contribution in [1.82, 2.24) is 5.32 Å². The lowest BCUT2D eigenvalue weighted by molar-refractivity contribution is -0.115. The van der Waals surface area contributed by atoms with Gasteiger partial charge in [0.15, 0.2) is 11.5 Å². The van der Waals surface area contributed by atoms with Crippen molar-refractivity contribution in [3.05, 3.63) is 23.4 Å². The van der Waals surface area contributed by atoms with Gasteiger partial charge in [0.05, 0.1) is 21.3 Å². The van der Waals surface area contributed by atoms with Crippen molar-refractivity contribution < 1.29 is 19.0 Å². The molecule has 112 valence electrons. The molecule has 0 bridgehead atoms. The van der Waals surface area contributed by atoms with Crippen molar-refractivity contribution in [2.75, 3.05) is 21.3 Å². The number of rotatable bonds is 5. The van der Waals surface area contributed by atoms with Gasteiger partial charge in [-0.2, -0.15) is 0 Å². The maximum absolute atomic E-state index is 11.8. The fraction of sp³-hybridized carbons (Fsp3) is 0.333. The molecule has 0 aromatic heterocycles. The van der Waals surface area contributed by atoms with E-state index in [9.17, 15) is 4.79 Å². The lowest BCUT2D eigenvalue weighted by atomic mass is 10.1. The summed E-state index contributed by atoms with van der Waals surface area (Å²) in [7, 11) is 4.66. The highest BCUT2D eigenvalue weighted by Gasteiger charge is 2.20. The molecule has 0 spiro atoms. The maximum Gasteiger partial charge on any atom is 0.275 e. The van der Waals surface area contributed by atoms with Crippen LogP contribution in [0.2, 0.25) is 0 Å². The molecular formula is C15H18N2O4. The topological polar surface area (TPSA) is 69.1 Å². The zero-order valence-electron chi connectivity index (χ0n) is 12.5. The summed E-state index contributed by atoms with van der Waals surface area (Å²) in [5, 5.41) is 2.71.